The molecule has 7 heteroatoms. The normalized spacial score (nSPS) is 10.8. The summed E-state index contributed by atoms with van der Waals surface area (Å²) in [5.74, 6) is 1.36. The van der Waals surface area contributed by atoms with Crippen LogP contribution in [0.5, 0.6) is 17.2 Å². The van der Waals surface area contributed by atoms with Gasteiger partial charge in [-0.1, -0.05) is 0 Å². The summed E-state index contributed by atoms with van der Waals surface area (Å²) in [6, 6.07) is 7.04. The van der Waals surface area contributed by atoms with Crippen LogP contribution in [-0.4, -0.2) is 37.8 Å². The number of rotatable bonds is 6. The average Bonchev–Trinajstić information content (AvgIpc) is 2.59. The predicted octanol–water partition coefficient (Wildman–Crippen LogP) is 3.38. The number of nitrogens with zero attached hydrogens (tertiary/aromatic N) is 1. The third-order valence-electron chi connectivity index (χ3n) is 3.43. The molecule has 2 aromatic rings. The summed E-state index contributed by atoms with van der Waals surface area (Å²) in [5.41, 5.74) is 1.44. The fraction of sp³-hybridized carbons (Fsp3) is 0.368. The third kappa shape index (κ3) is 4.78. The van der Waals surface area contributed by atoms with Crippen molar-refractivity contribution in [2.45, 2.75) is 26.3 Å². The van der Waals surface area contributed by atoms with Gasteiger partial charge in [0.15, 0.2) is 11.5 Å². The number of pyridine rings is 1. The number of hydrogen-bond acceptors (Lipinski definition) is 6. The molecule has 0 atom stereocenters. The minimum atomic E-state index is -0.334. The number of nitrogens with one attached hydrogen (secondary N) is 2. The number of amides is 1. The zero-order valence-corrected chi connectivity index (χ0v) is 16.0. The van der Waals surface area contributed by atoms with Crippen LogP contribution in [0, 0.1) is 0 Å². The minimum Gasteiger partial charge on any atom is -0.493 e. The van der Waals surface area contributed by atoms with Crippen molar-refractivity contribution in [2.75, 3.05) is 26.6 Å². The average molecular weight is 359 g/mol. The van der Waals surface area contributed by atoms with E-state index in [1.807, 2.05) is 20.8 Å². The molecular weight excluding hydrogens is 334 g/mol. The fourth-order valence-electron chi connectivity index (χ4n) is 2.36. The van der Waals surface area contributed by atoms with E-state index in [-0.39, 0.29) is 11.4 Å². The Morgan fingerprint density at radius 1 is 0.962 bits per heavy atom. The topological polar surface area (TPSA) is 81.7 Å². The number of ether oxygens (including phenoxy) is 3. The van der Waals surface area contributed by atoms with Gasteiger partial charge in [-0.25, -0.2) is 0 Å². The van der Waals surface area contributed by atoms with E-state index in [4.69, 9.17) is 14.2 Å². The van der Waals surface area contributed by atoms with Crippen molar-refractivity contribution in [1.29, 1.82) is 0 Å². The summed E-state index contributed by atoms with van der Waals surface area (Å²) in [5, 5.41) is 6.12. The quantitative estimate of drug-likeness (QED) is 0.823. The van der Waals surface area contributed by atoms with Crippen molar-refractivity contribution >= 4 is 17.3 Å². The van der Waals surface area contributed by atoms with Gasteiger partial charge < -0.3 is 24.8 Å². The first-order valence-electron chi connectivity index (χ1n) is 8.13. The maximum absolute atomic E-state index is 12.3. The van der Waals surface area contributed by atoms with E-state index >= 15 is 0 Å². The minimum absolute atomic E-state index is 0.231. The van der Waals surface area contributed by atoms with Crippen molar-refractivity contribution in [3.8, 4) is 17.2 Å². The number of hydrogen-bond donors (Lipinski definition) is 2. The lowest BCUT2D eigenvalue weighted by atomic mass is 10.1. The van der Waals surface area contributed by atoms with Gasteiger partial charge in [-0.05, 0) is 32.9 Å². The number of benzene rings is 1. The Kier molecular flexibility index (Phi) is 5.92. The summed E-state index contributed by atoms with van der Waals surface area (Å²) < 4.78 is 16.0. The highest BCUT2D eigenvalue weighted by Gasteiger charge is 2.17. The second-order valence-electron chi connectivity index (χ2n) is 6.67. The standard InChI is InChI=1S/C19H25N3O4/c1-19(2,3)22-18(23)14-9-12(7-8-20-14)21-13-10-15(24-4)17(26-6)16(11-13)25-5/h7-11H,1-6H3,(H,20,21)(H,22,23). The Morgan fingerprint density at radius 3 is 2.08 bits per heavy atom. The number of anilines is 2. The summed E-state index contributed by atoms with van der Waals surface area (Å²) in [7, 11) is 4.67. The predicted molar refractivity (Wildman–Crippen MR) is 101 cm³/mol. The Bertz CT molecular complexity index is 760. The molecule has 140 valence electrons. The van der Waals surface area contributed by atoms with Gasteiger partial charge in [-0.2, -0.15) is 0 Å². The zero-order valence-electron chi connectivity index (χ0n) is 16.0. The maximum atomic E-state index is 12.3. The third-order valence-corrected chi connectivity index (χ3v) is 3.43. The van der Waals surface area contributed by atoms with Crippen molar-refractivity contribution in [3.63, 3.8) is 0 Å². The van der Waals surface area contributed by atoms with Crippen LogP contribution in [0.3, 0.4) is 0 Å². The number of carbonyl (C=O) groups is 1. The molecule has 0 aliphatic carbocycles. The van der Waals surface area contributed by atoms with Gasteiger partial charge in [0.25, 0.3) is 5.91 Å². The lowest BCUT2D eigenvalue weighted by Gasteiger charge is -2.20. The molecule has 0 saturated carbocycles. The van der Waals surface area contributed by atoms with Crippen LogP contribution < -0.4 is 24.8 Å². The smallest absolute Gasteiger partial charge is 0.270 e. The van der Waals surface area contributed by atoms with E-state index in [0.29, 0.717) is 28.6 Å². The highest BCUT2D eigenvalue weighted by Crippen LogP contribution is 2.40. The summed E-state index contributed by atoms with van der Waals surface area (Å²) in [4.78, 5) is 16.4. The van der Waals surface area contributed by atoms with Crippen LogP contribution in [0.1, 0.15) is 31.3 Å². The van der Waals surface area contributed by atoms with Gasteiger partial charge in [0.2, 0.25) is 5.75 Å². The van der Waals surface area contributed by atoms with Crippen molar-refractivity contribution in [2.24, 2.45) is 0 Å². The molecule has 0 aliphatic rings. The molecule has 1 aromatic heterocycles. The van der Waals surface area contributed by atoms with Gasteiger partial charge in [-0.3, -0.25) is 9.78 Å². The number of carbonyl (C=O) groups excluding carboxylic acids is 1. The maximum Gasteiger partial charge on any atom is 0.270 e. The molecule has 2 rings (SSSR count). The fourth-order valence-corrected chi connectivity index (χ4v) is 2.36. The second-order valence-corrected chi connectivity index (χ2v) is 6.67. The zero-order chi connectivity index (χ0) is 19.3. The lowest BCUT2D eigenvalue weighted by molar-refractivity contribution is 0.0914. The Labute approximate surface area is 153 Å². The van der Waals surface area contributed by atoms with Crippen molar-refractivity contribution < 1.29 is 19.0 Å². The van der Waals surface area contributed by atoms with Crippen LogP contribution in [0.15, 0.2) is 30.5 Å². The van der Waals surface area contributed by atoms with E-state index in [1.54, 1.807) is 51.8 Å². The summed E-state index contributed by atoms with van der Waals surface area (Å²) >= 11 is 0. The second kappa shape index (κ2) is 7.95. The molecule has 0 saturated heterocycles. The number of methoxy groups -OCH3 is 3. The first-order valence-corrected chi connectivity index (χ1v) is 8.13. The summed E-state index contributed by atoms with van der Waals surface area (Å²) in [6.45, 7) is 5.76. The van der Waals surface area contributed by atoms with Gasteiger partial charge >= 0.3 is 0 Å². The highest BCUT2D eigenvalue weighted by molar-refractivity contribution is 5.93. The SMILES string of the molecule is COc1cc(Nc2ccnc(C(=O)NC(C)(C)C)c2)cc(OC)c1OC. The van der Waals surface area contributed by atoms with Crippen LogP contribution in [0.25, 0.3) is 0 Å². The molecule has 0 spiro atoms. The van der Waals surface area contributed by atoms with Gasteiger partial charge in [-0.15, -0.1) is 0 Å². The molecule has 0 fully saturated rings. The van der Waals surface area contributed by atoms with Crippen LogP contribution >= 0.6 is 0 Å². The molecule has 1 aromatic carbocycles. The Balaban J connectivity index is 2.29. The molecule has 0 unspecified atom stereocenters. The molecule has 0 radical (unpaired) electrons. The van der Waals surface area contributed by atoms with E-state index < -0.39 is 0 Å². The molecular formula is C19H25N3O4. The van der Waals surface area contributed by atoms with Crippen molar-refractivity contribution in [3.05, 3.63) is 36.2 Å². The monoisotopic (exact) mass is 359 g/mol. The van der Waals surface area contributed by atoms with Crippen LogP contribution in [-0.2, 0) is 0 Å². The van der Waals surface area contributed by atoms with E-state index in [9.17, 15) is 4.79 Å². The largest absolute Gasteiger partial charge is 0.493 e. The highest BCUT2D eigenvalue weighted by atomic mass is 16.5. The van der Waals surface area contributed by atoms with Gasteiger partial charge in [0.05, 0.1) is 21.3 Å². The number of aromatic nitrogens is 1. The van der Waals surface area contributed by atoms with Crippen LogP contribution in [0.2, 0.25) is 0 Å². The molecule has 1 amide bonds. The Morgan fingerprint density at radius 2 is 1.58 bits per heavy atom. The molecule has 0 bridgehead atoms. The Hall–Kier alpha value is -2.96. The molecule has 1 heterocycles. The van der Waals surface area contributed by atoms with E-state index in [0.717, 1.165) is 5.69 Å². The first-order chi connectivity index (χ1) is 12.3. The molecule has 0 aliphatic heterocycles. The molecule has 7 nitrogen and oxygen atoms in total. The first kappa shape index (κ1) is 19.4. The van der Waals surface area contributed by atoms with E-state index in [1.165, 1.54) is 0 Å². The summed E-state index contributed by atoms with van der Waals surface area (Å²) in [6.07, 6.45) is 1.58. The van der Waals surface area contributed by atoms with Crippen molar-refractivity contribution in [1.82, 2.24) is 10.3 Å². The van der Waals surface area contributed by atoms with Crippen LogP contribution in [0.4, 0.5) is 11.4 Å². The lowest BCUT2D eigenvalue weighted by Crippen LogP contribution is -2.40. The van der Waals surface area contributed by atoms with E-state index in [2.05, 4.69) is 15.6 Å². The van der Waals surface area contributed by atoms with Gasteiger partial charge in [0.1, 0.15) is 5.69 Å². The van der Waals surface area contributed by atoms with Gasteiger partial charge in [0, 0.05) is 35.2 Å². The molecule has 2 N–H and O–H groups in total. The molecule has 26 heavy (non-hydrogen) atoms.